The standard InChI is InChI=1S/C33H48N6O6/c1-4-28(22-10-7-13-25(16-22)34-19-40)37-31(43)38(29(5-2)23-11-8-14-26(17-23)35-20-41)33(45)39(32(37)44)30(6-3)24-12-9-15-27(18-24)36-21-42/h22-30H,4-18H2,1-3H3. The molecule has 0 amide bonds. The maximum atomic E-state index is 14.6. The minimum atomic E-state index is -0.594. The zero-order valence-corrected chi connectivity index (χ0v) is 26.9. The van der Waals surface area contributed by atoms with Gasteiger partial charge in [-0.2, -0.15) is 0 Å². The Morgan fingerprint density at radius 3 is 1.02 bits per heavy atom. The average molecular weight is 625 g/mol. The van der Waals surface area contributed by atoms with E-state index in [9.17, 15) is 28.8 Å². The van der Waals surface area contributed by atoms with E-state index in [-0.39, 0.29) is 35.9 Å². The molecule has 0 N–H and O–H groups in total. The second-order valence-corrected chi connectivity index (χ2v) is 13.3. The molecule has 12 heteroatoms. The van der Waals surface area contributed by atoms with Crippen LogP contribution in [0.5, 0.6) is 0 Å². The average Bonchev–Trinajstić information content (AvgIpc) is 3.04. The predicted molar refractivity (Wildman–Crippen MR) is 169 cm³/mol. The third kappa shape index (κ3) is 7.51. The van der Waals surface area contributed by atoms with E-state index in [4.69, 9.17) is 0 Å². The lowest BCUT2D eigenvalue weighted by Crippen LogP contribution is -2.59. The summed E-state index contributed by atoms with van der Waals surface area (Å²) in [6, 6.07) is -2.04. The van der Waals surface area contributed by atoms with E-state index in [1.807, 2.05) is 20.8 Å². The number of rotatable bonds is 12. The molecular weight excluding hydrogens is 576 g/mol. The molecule has 0 saturated heterocycles. The van der Waals surface area contributed by atoms with Gasteiger partial charge >= 0.3 is 17.1 Å². The number of nitrogens with zero attached hydrogens (tertiary/aromatic N) is 6. The highest BCUT2D eigenvalue weighted by atomic mass is 16.2. The normalized spacial score (nSPS) is 28.9. The van der Waals surface area contributed by atoms with Gasteiger partial charge in [0.2, 0.25) is 18.2 Å². The number of isocyanates is 3. The van der Waals surface area contributed by atoms with Crippen molar-refractivity contribution in [3.8, 4) is 0 Å². The lowest BCUT2D eigenvalue weighted by atomic mass is 9.79. The van der Waals surface area contributed by atoms with E-state index in [1.165, 1.54) is 13.7 Å². The van der Waals surface area contributed by atoms with Gasteiger partial charge in [-0.25, -0.2) is 57.4 Å². The topological polar surface area (TPSA) is 154 Å². The second kappa shape index (κ2) is 16.2. The van der Waals surface area contributed by atoms with Crippen LogP contribution >= 0.6 is 0 Å². The molecule has 4 rings (SSSR count). The van der Waals surface area contributed by atoms with Gasteiger partial charge in [0.1, 0.15) is 0 Å². The fourth-order valence-corrected chi connectivity index (χ4v) is 8.85. The van der Waals surface area contributed by atoms with Crippen molar-refractivity contribution >= 4 is 18.2 Å². The molecule has 0 aliphatic heterocycles. The molecule has 9 unspecified atom stereocenters. The second-order valence-electron chi connectivity index (χ2n) is 13.3. The largest absolute Gasteiger partial charge is 0.336 e. The van der Waals surface area contributed by atoms with Crippen LogP contribution in [0.3, 0.4) is 0 Å². The summed E-state index contributed by atoms with van der Waals surface area (Å²) >= 11 is 0. The summed E-state index contributed by atoms with van der Waals surface area (Å²) in [5, 5.41) is 0. The Morgan fingerprint density at radius 2 is 0.800 bits per heavy atom. The lowest BCUT2D eigenvalue weighted by molar-refractivity contribution is 0.164. The highest BCUT2D eigenvalue weighted by Crippen LogP contribution is 2.38. The summed E-state index contributed by atoms with van der Waals surface area (Å²) in [6.07, 6.45) is 15.3. The molecule has 0 radical (unpaired) electrons. The Morgan fingerprint density at radius 1 is 0.533 bits per heavy atom. The summed E-state index contributed by atoms with van der Waals surface area (Å²) in [6.45, 7) is 5.84. The van der Waals surface area contributed by atoms with Crippen LogP contribution < -0.4 is 17.1 Å². The summed E-state index contributed by atoms with van der Waals surface area (Å²) in [5.41, 5.74) is -1.78. The molecule has 1 aromatic rings. The van der Waals surface area contributed by atoms with Crippen LogP contribution in [-0.2, 0) is 14.4 Å². The van der Waals surface area contributed by atoms with E-state index >= 15 is 0 Å². The van der Waals surface area contributed by atoms with Gasteiger partial charge in [0.25, 0.3) is 0 Å². The molecule has 45 heavy (non-hydrogen) atoms. The highest BCUT2D eigenvalue weighted by molar-refractivity contribution is 5.34. The fourth-order valence-electron chi connectivity index (χ4n) is 8.85. The van der Waals surface area contributed by atoms with Crippen molar-refractivity contribution in [2.75, 3.05) is 0 Å². The van der Waals surface area contributed by atoms with E-state index in [0.717, 1.165) is 57.8 Å². The smallest absolute Gasteiger partial charge is 0.247 e. The molecule has 3 aliphatic carbocycles. The van der Waals surface area contributed by atoms with Crippen molar-refractivity contribution < 1.29 is 14.4 Å². The Kier molecular flexibility index (Phi) is 12.4. The molecule has 3 fully saturated rings. The molecule has 246 valence electrons. The van der Waals surface area contributed by atoms with Crippen LogP contribution in [0, 0.1) is 17.8 Å². The molecule has 0 bridgehead atoms. The Balaban J connectivity index is 1.92. The highest BCUT2D eigenvalue weighted by Gasteiger charge is 2.38. The molecule has 0 aromatic carbocycles. The Labute approximate surface area is 263 Å². The van der Waals surface area contributed by atoms with Crippen molar-refractivity contribution in [3.63, 3.8) is 0 Å². The Hall–Kier alpha value is -3.45. The Bertz CT molecular complexity index is 1290. The van der Waals surface area contributed by atoms with Crippen molar-refractivity contribution in [1.82, 2.24) is 13.7 Å². The van der Waals surface area contributed by atoms with Gasteiger partial charge in [-0.15, -0.1) is 0 Å². The van der Waals surface area contributed by atoms with E-state index < -0.39 is 35.2 Å². The SMILES string of the molecule is CCC(C1CCCC(N=C=O)C1)n1c(=O)n(C(CC)C2CCCC(N=C=O)C2)c(=O)n(C(CC)C2CCCC(N=C=O)C2)c1=O. The number of aliphatic imine (C=N–C) groups is 3. The van der Waals surface area contributed by atoms with Gasteiger partial charge in [-0.05, 0) is 94.8 Å². The van der Waals surface area contributed by atoms with Crippen molar-refractivity contribution in [3.05, 3.63) is 31.5 Å². The van der Waals surface area contributed by atoms with Crippen LogP contribution in [0.4, 0.5) is 0 Å². The number of hydrogen-bond acceptors (Lipinski definition) is 9. The van der Waals surface area contributed by atoms with Crippen LogP contribution in [0.15, 0.2) is 29.4 Å². The molecule has 0 spiro atoms. The number of hydrogen-bond donors (Lipinski definition) is 0. The minimum absolute atomic E-state index is 0.0715. The zero-order valence-electron chi connectivity index (χ0n) is 26.9. The first-order chi connectivity index (χ1) is 21.8. The van der Waals surface area contributed by atoms with Crippen molar-refractivity contribution in [1.29, 1.82) is 0 Å². The quantitative estimate of drug-likeness (QED) is 0.242. The maximum Gasteiger partial charge on any atom is 0.336 e. The molecule has 12 nitrogen and oxygen atoms in total. The van der Waals surface area contributed by atoms with Gasteiger partial charge < -0.3 is 0 Å². The molecule has 3 saturated carbocycles. The van der Waals surface area contributed by atoms with Gasteiger partial charge in [0.15, 0.2) is 0 Å². The molecule has 9 atom stereocenters. The minimum Gasteiger partial charge on any atom is -0.247 e. The summed E-state index contributed by atoms with van der Waals surface area (Å²) in [4.78, 5) is 88.9. The maximum absolute atomic E-state index is 14.6. The fraction of sp³-hybridized carbons (Fsp3) is 0.818. The predicted octanol–water partition coefficient (Wildman–Crippen LogP) is 4.71. The number of carbonyl (C=O) groups excluding carboxylic acids is 3. The van der Waals surface area contributed by atoms with Crippen LogP contribution in [-0.4, -0.2) is 50.1 Å². The lowest BCUT2D eigenvalue weighted by Gasteiger charge is -2.37. The van der Waals surface area contributed by atoms with Crippen LogP contribution in [0.1, 0.15) is 135 Å². The third-order valence-electron chi connectivity index (χ3n) is 10.9. The van der Waals surface area contributed by atoms with Gasteiger partial charge in [-0.1, -0.05) is 40.0 Å². The first-order valence-corrected chi connectivity index (χ1v) is 17.0. The third-order valence-corrected chi connectivity index (χ3v) is 10.9. The van der Waals surface area contributed by atoms with E-state index in [2.05, 4.69) is 15.0 Å². The molecular formula is C33H48N6O6. The van der Waals surface area contributed by atoms with Gasteiger partial charge in [0, 0.05) is 18.1 Å². The zero-order chi connectivity index (χ0) is 32.5. The summed E-state index contributed by atoms with van der Waals surface area (Å²) < 4.78 is 3.99. The van der Waals surface area contributed by atoms with Crippen LogP contribution in [0.2, 0.25) is 0 Å². The van der Waals surface area contributed by atoms with Crippen LogP contribution in [0.25, 0.3) is 0 Å². The molecule has 3 aliphatic rings. The van der Waals surface area contributed by atoms with Crippen molar-refractivity contribution in [2.45, 2.75) is 153 Å². The monoisotopic (exact) mass is 624 g/mol. The summed E-state index contributed by atoms with van der Waals surface area (Å²) in [7, 11) is 0. The molecule has 1 heterocycles. The van der Waals surface area contributed by atoms with Gasteiger partial charge in [0.05, 0.1) is 18.1 Å². The van der Waals surface area contributed by atoms with Gasteiger partial charge in [-0.3, -0.25) is 0 Å². The summed E-state index contributed by atoms with van der Waals surface area (Å²) in [5.74, 6) is -0.214. The molecule has 1 aromatic heterocycles. The number of aromatic nitrogens is 3. The van der Waals surface area contributed by atoms with E-state index in [0.29, 0.717) is 38.5 Å². The van der Waals surface area contributed by atoms with Crippen molar-refractivity contribution in [2.24, 2.45) is 32.7 Å². The first kappa shape index (κ1) is 34.4. The van der Waals surface area contributed by atoms with E-state index in [1.54, 1.807) is 18.2 Å². The first-order valence-electron chi connectivity index (χ1n) is 17.0.